The number of hydrogen-bond donors (Lipinski definition) is 0. The van der Waals surface area contributed by atoms with Gasteiger partial charge in [-0.1, -0.05) is 78.9 Å². The van der Waals surface area contributed by atoms with Gasteiger partial charge >= 0.3 is 0 Å². The zero-order valence-electron chi connectivity index (χ0n) is 14.6. The highest BCUT2D eigenvalue weighted by atomic mass is 14.9. The molecule has 0 amide bonds. The van der Waals surface area contributed by atoms with Gasteiger partial charge in [-0.05, 0) is 35.8 Å². The molecule has 0 bridgehead atoms. The van der Waals surface area contributed by atoms with E-state index in [4.69, 9.17) is 0 Å². The lowest BCUT2D eigenvalue weighted by Crippen LogP contribution is -1.91. The first-order valence-corrected chi connectivity index (χ1v) is 8.62. The van der Waals surface area contributed by atoms with Crippen LogP contribution in [0.5, 0.6) is 0 Å². The van der Waals surface area contributed by atoms with Crippen LogP contribution in [0.15, 0.2) is 84.9 Å². The van der Waals surface area contributed by atoms with Crippen molar-refractivity contribution in [3.63, 3.8) is 0 Å². The molecule has 25 heavy (non-hydrogen) atoms. The van der Waals surface area contributed by atoms with Crippen LogP contribution in [0.1, 0.15) is 22.4 Å². The van der Waals surface area contributed by atoms with E-state index in [1.165, 1.54) is 38.9 Å². The van der Waals surface area contributed by atoms with Gasteiger partial charge in [0.15, 0.2) is 0 Å². The van der Waals surface area contributed by atoms with Gasteiger partial charge in [0.2, 0.25) is 0 Å². The molecule has 0 fully saturated rings. The summed E-state index contributed by atoms with van der Waals surface area (Å²) in [7, 11) is 2.14. The first kappa shape index (κ1) is 15.5. The quantitative estimate of drug-likeness (QED) is 0.431. The summed E-state index contributed by atoms with van der Waals surface area (Å²) < 4.78 is 2.27. The summed E-state index contributed by atoms with van der Waals surface area (Å²) in [5, 5.41) is 1.30. The second-order valence-corrected chi connectivity index (χ2v) is 6.37. The second-order valence-electron chi connectivity index (χ2n) is 6.37. The predicted molar refractivity (Wildman–Crippen MR) is 108 cm³/mol. The first-order valence-electron chi connectivity index (χ1n) is 8.62. The van der Waals surface area contributed by atoms with Crippen LogP contribution in [0.3, 0.4) is 0 Å². The fourth-order valence-corrected chi connectivity index (χ4v) is 3.45. The molecule has 0 atom stereocenters. The Bertz CT molecular complexity index is 996. The Kier molecular flexibility index (Phi) is 3.99. The zero-order chi connectivity index (χ0) is 17.2. The summed E-state index contributed by atoms with van der Waals surface area (Å²) in [6, 6.07) is 29.9. The van der Waals surface area contributed by atoms with Gasteiger partial charge in [-0.2, -0.15) is 0 Å². The van der Waals surface area contributed by atoms with E-state index < -0.39 is 0 Å². The number of hydrogen-bond acceptors (Lipinski definition) is 0. The van der Waals surface area contributed by atoms with Gasteiger partial charge in [0.05, 0.1) is 0 Å². The Morgan fingerprint density at radius 2 is 1.24 bits per heavy atom. The van der Waals surface area contributed by atoms with E-state index in [0.29, 0.717) is 0 Å². The van der Waals surface area contributed by atoms with E-state index in [0.717, 1.165) is 0 Å². The van der Waals surface area contributed by atoms with E-state index in [1.54, 1.807) is 0 Å². The molecule has 0 saturated carbocycles. The largest absolute Gasteiger partial charge is 0.347 e. The highest BCUT2D eigenvalue weighted by Gasteiger charge is 2.12. The molecular weight excluding hydrogens is 302 g/mol. The molecule has 0 aliphatic carbocycles. The summed E-state index contributed by atoms with van der Waals surface area (Å²) >= 11 is 0. The Balaban J connectivity index is 1.99. The lowest BCUT2D eigenvalue weighted by molar-refractivity contribution is 0.916. The maximum atomic E-state index is 2.34. The van der Waals surface area contributed by atoms with E-state index in [1.807, 2.05) is 0 Å². The van der Waals surface area contributed by atoms with Crippen molar-refractivity contribution in [2.45, 2.75) is 6.92 Å². The van der Waals surface area contributed by atoms with Crippen molar-refractivity contribution in [1.82, 2.24) is 4.57 Å². The van der Waals surface area contributed by atoms with Crippen molar-refractivity contribution in [2.75, 3.05) is 0 Å². The number of aryl methyl sites for hydroxylation is 1. The highest BCUT2D eigenvalue weighted by Crippen LogP contribution is 2.31. The highest BCUT2D eigenvalue weighted by molar-refractivity contribution is 5.99. The van der Waals surface area contributed by atoms with Crippen molar-refractivity contribution in [2.24, 2.45) is 7.05 Å². The number of fused-ring (bicyclic) bond motifs is 1. The minimum absolute atomic E-state index is 1.24. The molecule has 4 rings (SSSR count). The Labute approximate surface area is 148 Å². The van der Waals surface area contributed by atoms with Crippen molar-refractivity contribution >= 4 is 22.6 Å². The SMILES string of the molecule is Cc1c(C=C(c2ccccc2)c2ccccc2)c2ccccc2n1C. The molecule has 0 aliphatic heterocycles. The van der Waals surface area contributed by atoms with Crippen molar-refractivity contribution in [3.05, 3.63) is 107 Å². The number of nitrogens with zero attached hydrogens (tertiary/aromatic N) is 1. The molecule has 0 N–H and O–H groups in total. The number of para-hydroxylation sites is 1. The third-order valence-corrected chi connectivity index (χ3v) is 4.91. The van der Waals surface area contributed by atoms with Crippen LogP contribution in [0.2, 0.25) is 0 Å². The molecule has 0 saturated heterocycles. The summed E-state index contributed by atoms with van der Waals surface area (Å²) in [5.74, 6) is 0. The summed E-state index contributed by atoms with van der Waals surface area (Å²) in [5.41, 5.74) is 7.57. The molecule has 1 heterocycles. The minimum Gasteiger partial charge on any atom is -0.347 e. The molecule has 1 heteroatoms. The van der Waals surface area contributed by atoms with Crippen LogP contribution in [0.4, 0.5) is 0 Å². The molecular formula is C24H21N. The average molecular weight is 323 g/mol. The van der Waals surface area contributed by atoms with E-state index in [9.17, 15) is 0 Å². The molecule has 0 spiro atoms. The zero-order valence-corrected chi connectivity index (χ0v) is 14.6. The maximum absolute atomic E-state index is 2.34. The Morgan fingerprint density at radius 3 is 1.84 bits per heavy atom. The molecule has 3 aromatic carbocycles. The average Bonchev–Trinajstić information content (AvgIpc) is 2.92. The van der Waals surface area contributed by atoms with Crippen LogP contribution in [0.25, 0.3) is 22.6 Å². The molecule has 122 valence electrons. The molecule has 0 aliphatic rings. The van der Waals surface area contributed by atoms with E-state index >= 15 is 0 Å². The van der Waals surface area contributed by atoms with Crippen molar-refractivity contribution < 1.29 is 0 Å². The van der Waals surface area contributed by atoms with E-state index in [2.05, 4.69) is 110 Å². The van der Waals surface area contributed by atoms with Crippen molar-refractivity contribution in [1.29, 1.82) is 0 Å². The third kappa shape index (κ3) is 2.78. The van der Waals surface area contributed by atoms with Gasteiger partial charge in [-0.15, -0.1) is 0 Å². The van der Waals surface area contributed by atoms with E-state index in [-0.39, 0.29) is 0 Å². The third-order valence-electron chi connectivity index (χ3n) is 4.91. The molecule has 0 radical (unpaired) electrons. The molecule has 1 aromatic heterocycles. The fraction of sp³-hybridized carbons (Fsp3) is 0.0833. The van der Waals surface area contributed by atoms with Gasteiger partial charge < -0.3 is 4.57 Å². The number of benzene rings is 3. The van der Waals surface area contributed by atoms with Crippen LogP contribution >= 0.6 is 0 Å². The standard InChI is InChI=1S/C24H21N/c1-18-22(21-15-9-10-16-24(21)25(18)2)17-23(19-11-5-3-6-12-19)20-13-7-4-8-14-20/h3-17H,1-2H3. The summed E-state index contributed by atoms with van der Waals surface area (Å²) in [6.07, 6.45) is 2.34. The summed E-state index contributed by atoms with van der Waals surface area (Å²) in [6.45, 7) is 2.19. The topological polar surface area (TPSA) is 4.93 Å². The van der Waals surface area contributed by atoms with Crippen molar-refractivity contribution in [3.8, 4) is 0 Å². The summed E-state index contributed by atoms with van der Waals surface area (Å²) in [4.78, 5) is 0. The Morgan fingerprint density at radius 1 is 0.720 bits per heavy atom. The molecule has 1 nitrogen and oxygen atoms in total. The molecule has 0 unspecified atom stereocenters. The lowest BCUT2D eigenvalue weighted by Gasteiger charge is -2.09. The first-order chi connectivity index (χ1) is 12.3. The predicted octanol–water partition coefficient (Wildman–Crippen LogP) is 6.08. The maximum Gasteiger partial charge on any atom is 0.0486 e. The van der Waals surface area contributed by atoms with Crippen LogP contribution in [0, 0.1) is 6.92 Å². The van der Waals surface area contributed by atoms with Crippen LogP contribution < -0.4 is 0 Å². The smallest absolute Gasteiger partial charge is 0.0486 e. The van der Waals surface area contributed by atoms with Gasteiger partial charge in [-0.3, -0.25) is 0 Å². The normalized spacial score (nSPS) is 10.8. The second kappa shape index (κ2) is 6.45. The number of aromatic nitrogens is 1. The van der Waals surface area contributed by atoms with Gasteiger partial charge in [0.1, 0.15) is 0 Å². The van der Waals surface area contributed by atoms with Gasteiger partial charge in [0, 0.05) is 29.2 Å². The Hall–Kier alpha value is -3.06. The molecule has 4 aromatic rings. The van der Waals surface area contributed by atoms with Crippen LogP contribution in [-0.2, 0) is 7.05 Å². The number of rotatable bonds is 3. The van der Waals surface area contributed by atoms with Gasteiger partial charge in [0.25, 0.3) is 0 Å². The monoisotopic (exact) mass is 323 g/mol. The lowest BCUT2D eigenvalue weighted by atomic mass is 9.95. The van der Waals surface area contributed by atoms with Gasteiger partial charge in [-0.25, -0.2) is 0 Å². The van der Waals surface area contributed by atoms with Crippen LogP contribution in [-0.4, -0.2) is 4.57 Å². The minimum atomic E-state index is 1.24. The fourth-order valence-electron chi connectivity index (χ4n) is 3.45.